The number of nitrogens with one attached hydrogen (secondary N) is 2. The number of amides is 2. The second-order valence-corrected chi connectivity index (χ2v) is 11.6. The fraction of sp³-hybridized carbons (Fsp3) is 0.500. The van der Waals surface area contributed by atoms with Crippen LogP contribution in [0.1, 0.15) is 84.0 Å². The molecule has 2 amide bonds. The zero-order valence-electron chi connectivity index (χ0n) is 29.7. The zero-order chi connectivity index (χ0) is 37.5. The quantitative estimate of drug-likeness (QED) is 0.130. The van der Waals surface area contributed by atoms with Gasteiger partial charge in [-0.15, -0.1) is 0 Å². The van der Waals surface area contributed by atoms with Crippen LogP contribution in [0.5, 0.6) is 11.5 Å². The van der Waals surface area contributed by atoms with E-state index in [1.165, 1.54) is 6.92 Å². The SMILES string of the molecule is CCOc1cc(NC(=O)c2ccccc2)c(OCC)cc1NC(=O)CCCCC[C@@H]1O[C@H](OC(C)=O)[C@@H](OC(C)=O)[C@H](OC(C)=O)[C@@H]1OC(C)=O. The van der Waals surface area contributed by atoms with Crippen molar-refractivity contribution in [1.29, 1.82) is 0 Å². The van der Waals surface area contributed by atoms with Crippen LogP contribution >= 0.6 is 0 Å². The highest BCUT2D eigenvalue weighted by Crippen LogP contribution is 2.37. The molecule has 1 fully saturated rings. The zero-order valence-corrected chi connectivity index (χ0v) is 29.7. The van der Waals surface area contributed by atoms with Crippen molar-refractivity contribution in [3.63, 3.8) is 0 Å². The Morgan fingerprint density at radius 2 is 1.18 bits per heavy atom. The van der Waals surface area contributed by atoms with E-state index in [0.717, 1.165) is 20.8 Å². The van der Waals surface area contributed by atoms with Crippen LogP contribution in [0.4, 0.5) is 11.4 Å². The summed E-state index contributed by atoms with van der Waals surface area (Å²) in [5, 5.41) is 5.72. The van der Waals surface area contributed by atoms with Crippen LogP contribution in [-0.4, -0.2) is 79.6 Å². The molecule has 5 atom stereocenters. The summed E-state index contributed by atoms with van der Waals surface area (Å²) >= 11 is 0. The first-order valence-corrected chi connectivity index (χ1v) is 16.8. The van der Waals surface area contributed by atoms with Crippen molar-refractivity contribution < 1.29 is 61.9 Å². The third-order valence-corrected chi connectivity index (χ3v) is 7.41. The first-order chi connectivity index (χ1) is 24.3. The second-order valence-electron chi connectivity index (χ2n) is 11.6. The van der Waals surface area contributed by atoms with E-state index in [-0.39, 0.29) is 24.7 Å². The van der Waals surface area contributed by atoms with Gasteiger partial charge in [0.15, 0.2) is 12.2 Å². The van der Waals surface area contributed by atoms with E-state index in [1.54, 1.807) is 50.2 Å². The molecule has 3 rings (SSSR count). The molecule has 0 radical (unpaired) electrons. The molecule has 2 aromatic carbocycles. The lowest BCUT2D eigenvalue weighted by Crippen LogP contribution is -2.62. The topological polar surface area (TPSA) is 191 Å². The number of esters is 4. The number of carbonyl (C=O) groups is 6. The number of hydrogen-bond acceptors (Lipinski definition) is 13. The number of ether oxygens (including phenoxy) is 7. The standard InChI is InChI=1S/C36H46N2O13/c1-7-45-29-20-27(38-35(44)25-15-11-9-12-16-25)30(46-8-2)19-26(29)37-31(43)18-14-10-13-17-28-32(47-21(3)39)33(48-22(4)40)34(49-23(5)41)36(51-28)50-24(6)42/h9,11-12,15-16,19-20,28,32-34,36H,7-8,10,13-14,17-18H2,1-6H3,(H,37,43)(H,38,44)/t28-,32+,33+,34-,36-/m0/s1. The third-order valence-electron chi connectivity index (χ3n) is 7.41. The van der Waals surface area contributed by atoms with E-state index < -0.39 is 54.6 Å². The van der Waals surface area contributed by atoms with Gasteiger partial charge in [-0.25, -0.2) is 0 Å². The van der Waals surface area contributed by atoms with Crippen molar-refractivity contribution in [3.8, 4) is 11.5 Å². The van der Waals surface area contributed by atoms with Crippen LogP contribution in [-0.2, 0) is 47.7 Å². The van der Waals surface area contributed by atoms with Crippen LogP contribution in [0.25, 0.3) is 0 Å². The Balaban J connectivity index is 1.67. The summed E-state index contributed by atoms with van der Waals surface area (Å²) in [4.78, 5) is 73.6. The first kappa shape index (κ1) is 40.3. The van der Waals surface area contributed by atoms with Gasteiger partial charge in [-0.3, -0.25) is 28.8 Å². The summed E-state index contributed by atoms with van der Waals surface area (Å²) in [6, 6.07) is 11.9. The lowest BCUT2D eigenvalue weighted by atomic mass is 9.94. The summed E-state index contributed by atoms with van der Waals surface area (Å²) in [5.74, 6) is -2.85. The van der Waals surface area contributed by atoms with E-state index in [0.29, 0.717) is 60.9 Å². The molecule has 51 heavy (non-hydrogen) atoms. The van der Waals surface area contributed by atoms with Gasteiger partial charge < -0.3 is 43.8 Å². The van der Waals surface area contributed by atoms with Gasteiger partial charge in [0.2, 0.25) is 18.3 Å². The van der Waals surface area contributed by atoms with Crippen LogP contribution in [0.15, 0.2) is 42.5 Å². The summed E-state index contributed by atoms with van der Waals surface area (Å²) in [6.45, 7) is 8.78. The predicted molar refractivity (Wildman–Crippen MR) is 182 cm³/mol. The minimum atomic E-state index is -1.43. The summed E-state index contributed by atoms with van der Waals surface area (Å²) < 4.78 is 38.9. The molecule has 1 heterocycles. The number of hydrogen-bond donors (Lipinski definition) is 2. The average molecular weight is 715 g/mol. The van der Waals surface area contributed by atoms with Crippen molar-refractivity contribution in [2.24, 2.45) is 0 Å². The molecule has 15 heteroatoms. The van der Waals surface area contributed by atoms with Crippen LogP contribution in [0, 0.1) is 0 Å². The molecule has 1 saturated heterocycles. The number of rotatable bonds is 17. The minimum absolute atomic E-state index is 0.140. The highest BCUT2D eigenvalue weighted by atomic mass is 16.7. The molecule has 0 spiro atoms. The highest BCUT2D eigenvalue weighted by Gasteiger charge is 2.53. The predicted octanol–water partition coefficient (Wildman–Crippen LogP) is 4.71. The maximum atomic E-state index is 13.0. The van der Waals surface area contributed by atoms with E-state index in [4.69, 9.17) is 33.2 Å². The third kappa shape index (κ3) is 12.6. The number of carbonyl (C=O) groups excluding carboxylic acids is 6. The molecule has 2 aromatic rings. The first-order valence-electron chi connectivity index (χ1n) is 16.8. The fourth-order valence-electron chi connectivity index (χ4n) is 5.46. The lowest BCUT2D eigenvalue weighted by Gasteiger charge is -2.44. The average Bonchev–Trinajstić information content (AvgIpc) is 3.05. The molecule has 0 unspecified atom stereocenters. The molecule has 0 bridgehead atoms. The molecule has 1 aliphatic rings. The maximum absolute atomic E-state index is 13.0. The molecular formula is C36H46N2O13. The Kier molecular flexibility index (Phi) is 15.7. The highest BCUT2D eigenvalue weighted by molar-refractivity contribution is 6.05. The summed E-state index contributed by atoms with van der Waals surface area (Å²) in [6.07, 6.45) is -4.36. The van der Waals surface area contributed by atoms with Crippen molar-refractivity contribution in [3.05, 3.63) is 48.0 Å². The van der Waals surface area contributed by atoms with Crippen molar-refractivity contribution in [1.82, 2.24) is 0 Å². The van der Waals surface area contributed by atoms with Gasteiger partial charge in [0.05, 0.1) is 24.6 Å². The van der Waals surface area contributed by atoms with E-state index in [9.17, 15) is 28.8 Å². The summed E-state index contributed by atoms with van der Waals surface area (Å²) in [7, 11) is 0. The van der Waals surface area contributed by atoms with Gasteiger partial charge in [0.1, 0.15) is 17.6 Å². The lowest BCUT2D eigenvalue weighted by molar-refractivity contribution is -0.296. The van der Waals surface area contributed by atoms with Crippen LogP contribution in [0.2, 0.25) is 0 Å². The molecule has 15 nitrogen and oxygen atoms in total. The molecule has 1 aliphatic heterocycles. The normalized spacial score (nSPS) is 19.5. The largest absolute Gasteiger partial charge is 0.492 e. The maximum Gasteiger partial charge on any atom is 0.305 e. The van der Waals surface area contributed by atoms with Crippen molar-refractivity contribution in [2.45, 2.75) is 104 Å². The fourth-order valence-corrected chi connectivity index (χ4v) is 5.46. The van der Waals surface area contributed by atoms with Gasteiger partial charge in [0.25, 0.3) is 5.91 Å². The number of unbranched alkanes of at least 4 members (excludes halogenated alkanes) is 2. The summed E-state index contributed by atoms with van der Waals surface area (Å²) in [5.41, 5.74) is 1.22. The Labute approximate surface area is 296 Å². The van der Waals surface area contributed by atoms with Gasteiger partial charge in [0, 0.05) is 51.8 Å². The second kappa shape index (κ2) is 19.9. The Morgan fingerprint density at radius 3 is 1.73 bits per heavy atom. The van der Waals surface area contributed by atoms with Gasteiger partial charge in [-0.2, -0.15) is 0 Å². The van der Waals surface area contributed by atoms with Gasteiger partial charge in [-0.1, -0.05) is 31.0 Å². The molecule has 0 aliphatic carbocycles. The van der Waals surface area contributed by atoms with E-state index in [1.807, 2.05) is 6.07 Å². The van der Waals surface area contributed by atoms with E-state index in [2.05, 4.69) is 10.6 Å². The Morgan fingerprint density at radius 1 is 0.647 bits per heavy atom. The molecule has 0 aromatic heterocycles. The molecule has 278 valence electrons. The van der Waals surface area contributed by atoms with Gasteiger partial charge >= 0.3 is 23.9 Å². The monoisotopic (exact) mass is 714 g/mol. The number of benzene rings is 2. The van der Waals surface area contributed by atoms with E-state index >= 15 is 0 Å². The molecule has 2 N–H and O–H groups in total. The smallest absolute Gasteiger partial charge is 0.305 e. The number of anilines is 2. The Bertz CT molecular complexity index is 1530. The Hall–Kier alpha value is -5.18. The van der Waals surface area contributed by atoms with Gasteiger partial charge in [-0.05, 0) is 38.8 Å². The van der Waals surface area contributed by atoms with Crippen LogP contribution in [0.3, 0.4) is 0 Å². The molecular weight excluding hydrogens is 668 g/mol. The van der Waals surface area contributed by atoms with Crippen molar-refractivity contribution in [2.75, 3.05) is 23.8 Å². The minimum Gasteiger partial charge on any atom is -0.492 e. The van der Waals surface area contributed by atoms with Crippen molar-refractivity contribution >= 4 is 47.1 Å². The van der Waals surface area contributed by atoms with Crippen LogP contribution < -0.4 is 20.1 Å². The molecule has 0 saturated carbocycles.